The number of aromatic nitrogens is 2. The van der Waals surface area contributed by atoms with Gasteiger partial charge >= 0.3 is 5.97 Å². The summed E-state index contributed by atoms with van der Waals surface area (Å²) < 4.78 is 10.4. The van der Waals surface area contributed by atoms with Crippen LogP contribution in [0.2, 0.25) is 0 Å². The van der Waals surface area contributed by atoms with Gasteiger partial charge in [0.15, 0.2) is 0 Å². The first-order chi connectivity index (χ1) is 8.81. The predicted octanol–water partition coefficient (Wildman–Crippen LogP) is 2.13. The van der Waals surface area contributed by atoms with E-state index in [0.29, 0.717) is 30.6 Å². The van der Waals surface area contributed by atoms with E-state index in [9.17, 15) is 4.79 Å². The van der Waals surface area contributed by atoms with E-state index in [1.807, 2.05) is 17.5 Å². The third-order valence-corrected chi connectivity index (χ3v) is 4.44. The summed E-state index contributed by atoms with van der Waals surface area (Å²) in [5, 5.41) is 10.2. The van der Waals surface area contributed by atoms with E-state index in [1.54, 1.807) is 11.3 Å². The molecule has 1 aliphatic heterocycles. The summed E-state index contributed by atoms with van der Waals surface area (Å²) in [6, 6.07) is 4.01. The van der Waals surface area contributed by atoms with Crippen LogP contribution >= 0.6 is 23.1 Å². The van der Waals surface area contributed by atoms with Crippen LogP contribution in [-0.2, 0) is 16.0 Å². The van der Waals surface area contributed by atoms with E-state index in [2.05, 4.69) is 10.2 Å². The van der Waals surface area contributed by atoms with E-state index in [0.717, 1.165) is 0 Å². The Morgan fingerprint density at radius 3 is 3.17 bits per heavy atom. The Morgan fingerprint density at radius 2 is 2.44 bits per heavy atom. The van der Waals surface area contributed by atoms with Crippen LogP contribution in [0.25, 0.3) is 0 Å². The molecule has 1 atom stereocenters. The second-order valence-electron chi connectivity index (χ2n) is 3.78. The summed E-state index contributed by atoms with van der Waals surface area (Å²) >= 11 is 2.93. The highest BCUT2D eigenvalue weighted by Crippen LogP contribution is 2.28. The quantitative estimate of drug-likeness (QED) is 0.800. The third kappa shape index (κ3) is 2.56. The highest BCUT2D eigenvalue weighted by atomic mass is 32.2. The zero-order valence-corrected chi connectivity index (χ0v) is 11.0. The molecule has 3 heterocycles. The van der Waals surface area contributed by atoms with Gasteiger partial charge < -0.3 is 9.15 Å². The normalized spacial score (nSPS) is 19.1. The molecule has 0 aromatic carbocycles. The van der Waals surface area contributed by atoms with Gasteiger partial charge in [0.1, 0.15) is 5.25 Å². The van der Waals surface area contributed by atoms with Crippen molar-refractivity contribution in [2.24, 2.45) is 0 Å². The van der Waals surface area contributed by atoms with Crippen LogP contribution in [0.1, 0.15) is 17.2 Å². The van der Waals surface area contributed by atoms with Crippen LogP contribution in [0, 0.1) is 0 Å². The molecule has 1 fully saturated rings. The van der Waals surface area contributed by atoms with Gasteiger partial charge in [-0.1, -0.05) is 6.07 Å². The number of carbonyl (C=O) groups is 1. The van der Waals surface area contributed by atoms with Gasteiger partial charge in [-0.05, 0) is 23.2 Å². The molecule has 0 N–H and O–H groups in total. The van der Waals surface area contributed by atoms with Crippen LogP contribution < -0.4 is 0 Å². The zero-order valence-electron chi connectivity index (χ0n) is 9.37. The van der Waals surface area contributed by atoms with Crippen molar-refractivity contribution in [3.05, 3.63) is 28.3 Å². The highest BCUT2D eigenvalue weighted by Gasteiger charge is 2.29. The van der Waals surface area contributed by atoms with Crippen LogP contribution in [0.15, 0.2) is 27.2 Å². The van der Waals surface area contributed by atoms with E-state index in [-0.39, 0.29) is 11.2 Å². The molecule has 2 aromatic rings. The Kier molecular flexibility index (Phi) is 3.33. The van der Waals surface area contributed by atoms with Crippen molar-refractivity contribution in [3.63, 3.8) is 0 Å². The summed E-state index contributed by atoms with van der Waals surface area (Å²) in [6.45, 7) is 0.479. The Balaban J connectivity index is 1.64. The molecule has 18 heavy (non-hydrogen) atoms. The molecule has 5 nitrogen and oxygen atoms in total. The lowest BCUT2D eigenvalue weighted by atomic mass is 10.3. The van der Waals surface area contributed by atoms with Crippen molar-refractivity contribution in [2.75, 3.05) is 6.61 Å². The van der Waals surface area contributed by atoms with Gasteiger partial charge in [-0.3, -0.25) is 4.79 Å². The average Bonchev–Trinajstić information content (AvgIpc) is 3.06. The first kappa shape index (κ1) is 11.7. The van der Waals surface area contributed by atoms with Gasteiger partial charge in [-0.25, -0.2) is 0 Å². The molecule has 0 spiro atoms. The fourth-order valence-corrected chi connectivity index (χ4v) is 3.18. The fraction of sp³-hybridized carbons (Fsp3) is 0.364. The van der Waals surface area contributed by atoms with Crippen molar-refractivity contribution in [2.45, 2.75) is 23.3 Å². The number of nitrogens with zero attached hydrogens (tertiary/aromatic N) is 2. The molecule has 94 valence electrons. The monoisotopic (exact) mass is 282 g/mol. The summed E-state index contributed by atoms with van der Waals surface area (Å²) in [7, 11) is 0. The molecule has 0 aliphatic carbocycles. The maximum atomic E-state index is 11.3. The Bertz CT molecular complexity index is 538. The molecule has 3 rings (SSSR count). The topological polar surface area (TPSA) is 65.2 Å². The van der Waals surface area contributed by atoms with Gasteiger partial charge in [-0.15, -0.1) is 21.5 Å². The number of rotatable bonds is 4. The Labute approximate surface area is 112 Å². The third-order valence-electron chi connectivity index (χ3n) is 2.48. The number of ether oxygens (including phenoxy) is 1. The summed E-state index contributed by atoms with van der Waals surface area (Å²) in [6.07, 6.45) is 1.34. The van der Waals surface area contributed by atoms with Gasteiger partial charge in [-0.2, -0.15) is 0 Å². The SMILES string of the molecule is O=C1OCCC1Sc1nnc(Cc2cccs2)o1. The van der Waals surface area contributed by atoms with Crippen LogP contribution in [0.5, 0.6) is 0 Å². The van der Waals surface area contributed by atoms with Crippen LogP contribution in [0.3, 0.4) is 0 Å². The van der Waals surface area contributed by atoms with Crippen molar-refractivity contribution >= 4 is 29.1 Å². The number of esters is 1. The lowest BCUT2D eigenvalue weighted by molar-refractivity contribution is -0.137. The van der Waals surface area contributed by atoms with Crippen LogP contribution in [0.4, 0.5) is 0 Å². The maximum Gasteiger partial charge on any atom is 0.319 e. The second kappa shape index (κ2) is 5.11. The molecule has 0 amide bonds. The standard InChI is InChI=1S/C11H10N2O3S2/c14-10-8(3-4-15-10)18-11-13-12-9(16-11)6-7-2-1-5-17-7/h1-2,5,8H,3-4,6H2. The molecular weight excluding hydrogens is 272 g/mol. The molecule has 0 saturated carbocycles. The number of thioether (sulfide) groups is 1. The average molecular weight is 282 g/mol. The Hall–Kier alpha value is -1.34. The van der Waals surface area contributed by atoms with E-state index in [1.165, 1.54) is 16.6 Å². The number of hydrogen-bond donors (Lipinski definition) is 0. The fourth-order valence-electron chi connectivity index (χ4n) is 1.63. The van der Waals surface area contributed by atoms with E-state index >= 15 is 0 Å². The van der Waals surface area contributed by atoms with Crippen molar-refractivity contribution in [3.8, 4) is 0 Å². The minimum Gasteiger partial charge on any atom is -0.465 e. The lowest BCUT2D eigenvalue weighted by Gasteiger charge is -1.98. The van der Waals surface area contributed by atoms with Crippen molar-refractivity contribution < 1.29 is 13.9 Å². The number of cyclic esters (lactones) is 1. The first-order valence-corrected chi connectivity index (χ1v) is 7.25. The minimum absolute atomic E-state index is 0.196. The summed E-state index contributed by atoms with van der Waals surface area (Å²) in [5.74, 6) is 0.379. The zero-order chi connectivity index (χ0) is 12.4. The first-order valence-electron chi connectivity index (χ1n) is 5.49. The summed E-state index contributed by atoms with van der Waals surface area (Å²) in [4.78, 5) is 12.5. The predicted molar refractivity (Wildman–Crippen MR) is 66.6 cm³/mol. The smallest absolute Gasteiger partial charge is 0.319 e. The largest absolute Gasteiger partial charge is 0.465 e. The van der Waals surface area contributed by atoms with E-state index in [4.69, 9.17) is 9.15 Å². The van der Waals surface area contributed by atoms with Gasteiger partial charge in [0.25, 0.3) is 5.22 Å². The van der Waals surface area contributed by atoms with Gasteiger partial charge in [0.2, 0.25) is 5.89 Å². The molecule has 0 radical (unpaired) electrons. The van der Waals surface area contributed by atoms with Gasteiger partial charge in [0, 0.05) is 11.3 Å². The molecule has 7 heteroatoms. The highest BCUT2D eigenvalue weighted by molar-refractivity contribution is 8.00. The Morgan fingerprint density at radius 1 is 1.50 bits per heavy atom. The molecule has 1 saturated heterocycles. The molecule has 0 bridgehead atoms. The lowest BCUT2D eigenvalue weighted by Crippen LogP contribution is -2.09. The molecular formula is C11H10N2O3S2. The second-order valence-corrected chi connectivity index (χ2v) is 5.97. The number of hydrogen-bond acceptors (Lipinski definition) is 7. The minimum atomic E-state index is -0.208. The molecule has 1 unspecified atom stereocenters. The van der Waals surface area contributed by atoms with Crippen LogP contribution in [-0.4, -0.2) is 28.0 Å². The van der Waals surface area contributed by atoms with Crippen molar-refractivity contribution in [1.29, 1.82) is 0 Å². The van der Waals surface area contributed by atoms with E-state index < -0.39 is 0 Å². The molecule has 1 aliphatic rings. The summed E-state index contributed by atoms with van der Waals surface area (Å²) in [5.41, 5.74) is 0. The number of carbonyl (C=O) groups excluding carboxylic acids is 1. The molecule has 2 aromatic heterocycles. The maximum absolute atomic E-state index is 11.3. The number of thiophene rings is 1. The van der Waals surface area contributed by atoms with Gasteiger partial charge in [0.05, 0.1) is 13.0 Å². The van der Waals surface area contributed by atoms with Crippen molar-refractivity contribution in [1.82, 2.24) is 10.2 Å².